The molecule has 0 bridgehead atoms. The summed E-state index contributed by atoms with van der Waals surface area (Å²) < 4.78 is 13.2. The van der Waals surface area contributed by atoms with Crippen LogP contribution in [0.25, 0.3) is 10.9 Å². The van der Waals surface area contributed by atoms with E-state index in [1.54, 1.807) is 23.2 Å². The highest BCUT2D eigenvalue weighted by Gasteiger charge is 2.24. The Kier molecular flexibility index (Phi) is 2.77. The fraction of sp³-hybridized carbons (Fsp3) is 0.308. The quantitative estimate of drug-likeness (QED) is 0.894. The van der Waals surface area contributed by atoms with Gasteiger partial charge in [0.25, 0.3) is 0 Å². The molecule has 0 radical (unpaired) electrons. The fourth-order valence-electron chi connectivity index (χ4n) is 2.27. The van der Waals surface area contributed by atoms with Crippen LogP contribution in [0.3, 0.4) is 0 Å². The number of halogens is 1. The maximum absolute atomic E-state index is 13.2. The molecule has 0 aliphatic carbocycles. The summed E-state index contributed by atoms with van der Waals surface area (Å²) in [4.78, 5) is 21.4. The molecule has 1 atom stereocenters. The number of carboxylic acids is 1. The van der Waals surface area contributed by atoms with E-state index >= 15 is 0 Å². The van der Waals surface area contributed by atoms with Gasteiger partial charge in [0.05, 0.1) is 17.6 Å². The lowest BCUT2D eigenvalue weighted by atomic mass is 10.1. The zero-order valence-corrected chi connectivity index (χ0v) is 10.1. The number of rotatable bonds is 2. The van der Waals surface area contributed by atoms with E-state index in [-0.39, 0.29) is 12.1 Å². The summed E-state index contributed by atoms with van der Waals surface area (Å²) in [5.41, 5.74) is 0.527. The Labute approximate surface area is 108 Å². The summed E-state index contributed by atoms with van der Waals surface area (Å²) in [6, 6.07) is 4.92. The predicted octanol–water partition coefficient (Wildman–Crippen LogP) is 1.88. The largest absolute Gasteiger partial charge is 0.478 e. The van der Waals surface area contributed by atoms with Crippen LogP contribution < -0.4 is 4.90 Å². The average Bonchev–Trinajstić information content (AvgIpc) is 2.84. The third-order valence-electron chi connectivity index (χ3n) is 3.24. The van der Waals surface area contributed by atoms with Crippen molar-refractivity contribution in [1.82, 2.24) is 9.97 Å². The van der Waals surface area contributed by atoms with Crippen LogP contribution in [0, 0.1) is 0 Å². The molecule has 1 aromatic carbocycles. The number of benzene rings is 1. The SMILES string of the molecule is O=C(O)c1cccc2cnc(N3CCC(F)C3)nc12. The van der Waals surface area contributed by atoms with Gasteiger partial charge in [-0.2, -0.15) is 0 Å². The van der Waals surface area contributed by atoms with Crippen LogP contribution in [-0.2, 0) is 0 Å². The van der Waals surface area contributed by atoms with Gasteiger partial charge in [0.2, 0.25) is 5.95 Å². The summed E-state index contributed by atoms with van der Waals surface area (Å²) in [5.74, 6) is -0.638. The Morgan fingerprint density at radius 3 is 3.00 bits per heavy atom. The number of aromatic carboxylic acids is 1. The number of carboxylic acid groups (broad SMARTS) is 1. The first-order chi connectivity index (χ1) is 9.15. The van der Waals surface area contributed by atoms with Crippen LogP contribution in [0.1, 0.15) is 16.8 Å². The minimum absolute atomic E-state index is 0.136. The molecule has 0 spiro atoms. The van der Waals surface area contributed by atoms with Crippen LogP contribution in [-0.4, -0.2) is 40.3 Å². The van der Waals surface area contributed by atoms with Crippen molar-refractivity contribution in [3.8, 4) is 0 Å². The van der Waals surface area contributed by atoms with Gasteiger partial charge in [-0.3, -0.25) is 0 Å². The standard InChI is InChI=1S/C13H12FN3O2/c14-9-4-5-17(7-9)13-15-6-8-2-1-3-10(12(18)19)11(8)16-13/h1-3,6,9H,4-5,7H2,(H,18,19). The number of aromatic nitrogens is 2. The molecule has 19 heavy (non-hydrogen) atoms. The van der Waals surface area contributed by atoms with E-state index in [1.165, 1.54) is 6.07 Å². The topological polar surface area (TPSA) is 66.3 Å². The van der Waals surface area contributed by atoms with E-state index in [9.17, 15) is 9.18 Å². The maximum Gasteiger partial charge on any atom is 0.337 e. The molecular weight excluding hydrogens is 249 g/mol. The highest BCUT2D eigenvalue weighted by atomic mass is 19.1. The van der Waals surface area contributed by atoms with Crippen LogP contribution >= 0.6 is 0 Å². The third-order valence-corrected chi connectivity index (χ3v) is 3.24. The minimum Gasteiger partial charge on any atom is -0.478 e. The lowest BCUT2D eigenvalue weighted by Crippen LogP contribution is -2.22. The molecule has 0 saturated carbocycles. The fourth-order valence-corrected chi connectivity index (χ4v) is 2.27. The van der Waals surface area contributed by atoms with Gasteiger partial charge in [-0.05, 0) is 12.5 Å². The number of hydrogen-bond acceptors (Lipinski definition) is 4. The van der Waals surface area contributed by atoms with Crippen molar-refractivity contribution in [2.75, 3.05) is 18.0 Å². The second-order valence-corrected chi connectivity index (χ2v) is 4.55. The first kappa shape index (κ1) is 11.8. The summed E-state index contributed by atoms with van der Waals surface area (Å²) in [7, 11) is 0. The summed E-state index contributed by atoms with van der Waals surface area (Å²) >= 11 is 0. The highest BCUT2D eigenvalue weighted by molar-refractivity contribution is 6.01. The van der Waals surface area contributed by atoms with E-state index in [0.29, 0.717) is 29.8 Å². The Hall–Kier alpha value is -2.24. The zero-order valence-electron chi connectivity index (χ0n) is 10.1. The van der Waals surface area contributed by atoms with Gasteiger partial charge in [-0.1, -0.05) is 12.1 Å². The van der Waals surface area contributed by atoms with Gasteiger partial charge in [0.1, 0.15) is 6.17 Å². The normalized spacial score (nSPS) is 19.0. The van der Waals surface area contributed by atoms with Crippen molar-refractivity contribution in [3.05, 3.63) is 30.0 Å². The molecule has 1 aromatic heterocycles. The summed E-state index contributed by atoms with van der Waals surface area (Å²) in [5, 5.41) is 9.81. The van der Waals surface area contributed by atoms with Gasteiger partial charge in [-0.15, -0.1) is 0 Å². The smallest absolute Gasteiger partial charge is 0.337 e. The van der Waals surface area contributed by atoms with E-state index in [4.69, 9.17) is 5.11 Å². The molecule has 1 unspecified atom stereocenters. The number of carbonyl (C=O) groups is 1. The number of alkyl halides is 1. The van der Waals surface area contributed by atoms with Crippen molar-refractivity contribution in [2.45, 2.75) is 12.6 Å². The number of hydrogen-bond donors (Lipinski definition) is 1. The molecule has 1 N–H and O–H groups in total. The van der Waals surface area contributed by atoms with Crippen LogP contribution in [0.5, 0.6) is 0 Å². The Balaban J connectivity index is 2.09. The van der Waals surface area contributed by atoms with E-state index in [2.05, 4.69) is 9.97 Å². The number of fused-ring (bicyclic) bond motifs is 1. The van der Waals surface area contributed by atoms with Crippen molar-refractivity contribution >= 4 is 22.8 Å². The number of anilines is 1. The molecule has 1 saturated heterocycles. The molecule has 1 fully saturated rings. The molecule has 1 aliphatic rings. The Morgan fingerprint density at radius 1 is 1.47 bits per heavy atom. The van der Waals surface area contributed by atoms with Crippen molar-refractivity contribution in [3.63, 3.8) is 0 Å². The van der Waals surface area contributed by atoms with E-state index < -0.39 is 12.1 Å². The van der Waals surface area contributed by atoms with Crippen LogP contribution in [0.4, 0.5) is 10.3 Å². The molecule has 2 aromatic rings. The lowest BCUT2D eigenvalue weighted by Gasteiger charge is -2.15. The number of nitrogens with zero attached hydrogens (tertiary/aromatic N) is 3. The first-order valence-electron chi connectivity index (χ1n) is 6.03. The third kappa shape index (κ3) is 2.09. The zero-order chi connectivity index (χ0) is 13.4. The predicted molar refractivity (Wildman–Crippen MR) is 68.2 cm³/mol. The Bertz CT molecular complexity index is 647. The van der Waals surface area contributed by atoms with Crippen LogP contribution in [0.2, 0.25) is 0 Å². The van der Waals surface area contributed by atoms with E-state index in [1.807, 2.05) is 0 Å². The van der Waals surface area contributed by atoms with E-state index in [0.717, 1.165) is 0 Å². The lowest BCUT2D eigenvalue weighted by molar-refractivity contribution is 0.0699. The summed E-state index contributed by atoms with van der Waals surface area (Å²) in [6.07, 6.45) is 1.17. The van der Waals surface area contributed by atoms with Crippen molar-refractivity contribution in [2.24, 2.45) is 0 Å². The molecule has 6 heteroatoms. The van der Waals surface area contributed by atoms with Gasteiger partial charge >= 0.3 is 5.97 Å². The van der Waals surface area contributed by atoms with Gasteiger partial charge in [0, 0.05) is 18.1 Å². The second kappa shape index (κ2) is 4.46. The minimum atomic E-state index is -1.03. The average molecular weight is 261 g/mol. The molecular formula is C13H12FN3O2. The van der Waals surface area contributed by atoms with Crippen LogP contribution in [0.15, 0.2) is 24.4 Å². The Morgan fingerprint density at radius 2 is 2.32 bits per heavy atom. The highest BCUT2D eigenvalue weighted by Crippen LogP contribution is 2.22. The molecule has 0 amide bonds. The molecule has 1 aliphatic heterocycles. The molecule has 3 rings (SSSR count). The van der Waals surface area contributed by atoms with Gasteiger partial charge < -0.3 is 10.0 Å². The molecule has 2 heterocycles. The molecule has 5 nitrogen and oxygen atoms in total. The van der Waals surface area contributed by atoms with Gasteiger partial charge in [-0.25, -0.2) is 19.2 Å². The second-order valence-electron chi connectivity index (χ2n) is 4.55. The summed E-state index contributed by atoms with van der Waals surface area (Å²) in [6.45, 7) is 0.822. The van der Waals surface area contributed by atoms with Gasteiger partial charge in [0.15, 0.2) is 0 Å². The monoisotopic (exact) mass is 261 g/mol. The first-order valence-corrected chi connectivity index (χ1v) is 6.03. The van der Waals surface area contributed by atoms with Crippen molar-refractivity contribution < 1.29 is 14.3 Å². The van der Waals surface area contributed by atoms with Crippen molar-refractivity contribution in [1.29, 1.82) is 0 Å². The maximum atomic E-state index is 13.2. The number of para-hydroxylation sites is 1. The molecule has 98 valence electrons.